The van der Waals surface area contributed by atoms with Gasteiger partial charge in [0.25, 0.3) is 0 Å². The van der Waals surface area contributed by atoms with Crippen LogP contribution in [0, 0.1) is 0 Å². The molecular weight excluding hydrogens is 206 g/mol. The van der Waals surface area contributed by atoms with Crippen molar-refractivity contribution >= 4 is 6.98 Å². The van der Waals surface area contributed by atoms with E-state index in [4.69, 9.17) is 0 Å². The third kappa shape index (κ3) is 3.91. The van der Waals surface area contributed by atoms with E-state index in [1.54, 1.807) is 0 Å². The molecule has 0 bridgehead atoms. The molecule has 0 aliphatic carbocycles. The molecule has 0 aromatic carbocycles. The Morgan fingerprint density at radius 2 is 2.00 bits per heavy atom. The number of pyridine rings is 1. The molecule has 0 aliphatic rings. The van der Waals surface area contributed by atoms with Crippen LogP contribution in [-0.2, 0) is 11.9 Å². The van der Waals surface area contributed by atoms with Gasteiger partial charge in [-0.05, 0) is 26.0 Å². The molecule has 0 amide bonds. The van der Waals surface area contributed by atoms with E-state index >= 15 is 0 Å². The van der Waals surface area contributed by atoms with Gasteiger partial charge in [0.1, 0.15) is 5.60 Å². The van der Waals surface area contributed by atoms with Crippen molar-refractivity contribution < 1.29 is 18.1 Å². The lowest BCUT2D eigenvalue weighted by atomic mass is 9.81. The molecule has 0 radical (unpaired) electrons. The summed E-state index contributed by atoms with van der Waals surface area (Å²) in [5, 5.41) is 9.57. The lowest BCUT2D eigenvalue weighted by Crippen LogP contribution is -2.21. The summed E-state index contributed by atoms with van der Waals surface area (Å²) in [7, 11) is 0. The molecule has 84 valence electrons. The van der Waals surface area contributed by atoms with Crippen LogP contribution in [0.5, 0.6) is 0 Å². The average Bonchev–Trinajstić information content (AvgIpc) is 1.99. The molecule has 0 unspecified atom stereocenters. The summed E-state index contributed by atoms with van der Waals surface area (Å²) in [6, 6.07) is 2.60. The molecule has 1 N–H and O–H groups in total. The first kappa shape index (κ1) is 12.0. The molecule has 0 saturated carbocycles. The number of halogens is 3. The maximum Gasteiger partial charge on any atom is 0.482 e. The highest BCUT2D eigenvalue weighted by Crippen LogP contribution is 2.21. The molecule has 1 rings (SSSR count). The fourth-order valence-electron chi connectivity index (χ4n) is 1.20. The third-order valence-electron chi connectivity index (χ3n) is 1.92. The van der Waals surface area contributed by atoms with Crippen LogP contribution in [-0.4, -0.2) is 17.1 Å². The third-order valence-corrected chi connectivity index (χ3v) is 1.92. The SMILES string of the molecule is CC(C)(O)c1cc(C[B-](F)(F)F)ccn1. The first-order chi connectivity index (χ1) is 6.68. The van der Waals surface area contributed by atoms with Crippen LogP contribution in [0.3, 0.4) is 0 Å². The van der Waals surface area contributed by atoms with Crippen molar-refractivity contribution in [3.63, 3.8) is 0 Å². The Bertz CT molecular complexity index is 346. The summed E-state index contributed by atoms with van der Waals surface area (Å²) >= 11 is 0. The fraction of sp³-hybridized carbons (Fsp3) is 0.444. The van der Waals surface area contributed by atoms with Crippen molar-refractivity contribution in [3.8, 4) is 0 Å². The molecular formula is C9H12BF3NO-. The van der Waals surface area contributed by atoms with Gasteiger partial charge in [0.05, 0.1) is 5.69 Å². The lowest BCUT2D eigenvalue weighted by Gasteiger charge is -2.19. The smallest absolute Gasteiger partial charge is 0.449 e. The highest BCUT2D eigenvalue weighted by atomic mass is 19.4. The van der Waals surface area contributed by atoms with E-state index in [2.05, 4.69) is 4.98 Å². The molecule has 0 spiro atoms. The van der Waals surface area contributed by atoms with Crippen molar-refractivity contribution in [3.05, 3.63) is 29.6 Å². The number of aromatic nitrogens is 1. The quantitative estimate of drug-likeness (QED) is 0.789. The Morgan fingerprint density at radius 3 is 2.47 bits per heavy atom. The zero-order chi connectivity index (χ0) is 11.7. The molecule has 0 fully saturated rings. The van der Waals surface area contributed by atoms with E-state index in [1.165, 1.54) is 32.2 Å². The van der Waals surface area contributed by atoms with Gasteiger partial charge in [-0.15, -0.1) is 0 Å². The Kier molecular flexibility index (Phi) is 3.09. The van der Waals surface area contributed by atoms with Gasteiger partial charge in [0.15, 0.2) is 0 Å². The van der Waals surface area contributed by atoms with Crippen LogP contribution in [0.1, 0.15) is 25.1 Å². The second-order valence-corrected chi connectivity index (χ2v) is 4.02. The van der Waals surface area contributed by atoms with Crippen LogP contribution in [0.4, 0.5) is 12.9 Å². The molecule has 2 nitrogen and oxygen atoms in total. The minimum Gasteiger partial charge on any atom is -0.449 e. The van der Waals surface area contributed by atoms with E-state index in [1.807, 2.05) is 0 Å². The topological polar surface area (TPSA) is 33.1 Å². The molecule has 1 aromatic heterocycles. The van der Waals surface area contributed by atoms with Crippen molar-refractivity contribution in [2.45, 2.75) is 25.8 Å². The summed E-state index contributed by atoms with van der Waals surface area (Å²) in [5.74, 6) is 0. The van der Waals surface area contributed by atoms with Crippen molar-refractivity contribution in [2.24, 2.45) is 0 Å². The van der Waals surface area contributed by atoms with Crippen molar-refractivity contribution in [2.75, 3.05) is 0 Å². The molecule has 6 heteroatoms. The predicted octanol–water partition coefficient (Wildman–Crippen LogP) is 2.24. The van der Waals surface area contributed by atoms with Crippen LogP contribution in [0.15, 0.2) is 18.3 Å². The highest BCUT2D eigenvalue weighted by molar-refractivity contribution is 6.57. The minimum atomic E-state index is -4.85. The second kappa shape index (κ2) is 3.85. The molecule has 1 heterocycles. The monoisotopic (exact) mass is 218 g/mol. The van der Waals surface area contributed by atoms with Crippen LogP contribution < -0.4 is 0 Å². The van der Waals surface area contributed by atoms with Crippen LogP contribution >= 0.6 is 0 Å². The first-order valence-electron chi connectivity index (χ1n) is 4.57. The second-order valence-electron chi connectivity index (χ2n) is 4.02. The van der Waals surface area contributed by atoms with Gasteiger partial charge in [0.2, 0.25) is 0 Å². The summed E-state index contributed by atoms with van der Waals surface area (Å²) in [6.07, 6.45) is 0.343. The first-order valence-corrected chi connectivity index (χ1v) is 4.57. The zero-order valence-electron chi connectivity index (χ0n) is 8.54. The molecule has 0 atom stereocenters. The molecule has 15 heavy (non-hydrogen) atoms. The van der Waals surface area contributed by atoms with Gasteiger partial charge in [-0.2, -0.15) is 0 Å². The Labute approximate surface area is 86.2 Å². The summed E-state index contributed by atoms with van der Waals surface area (Å²) in [5.41, 5.74) is -0.830. The number of hydrogen-bond acceptors (Lipinski definition) is 2. The summed E-state index contributed by atoms with van der Waals surface area (Å²) in [4.78, 5) is 3.83. The largest absolute Gasteiger partial charge is 0.482 e. The van der Waals surface area contributed by atoms with Crippen LogP contribution in [0.2, 0.25) is 0 Å². The van der Waals surface area contributed by atoms with Crippen molar-refractivity contribution in [1.29, 1.82) is 0 Å². The normalized spacial score (nSPS) is 12.9. The maximum atomic E-state index is 12.1. The fourth-order valence-corrected chi connectivity index (χ4v) is 1.20. The van der Waals surface area contributed by atoms with Crippen molar-refractivity contribution in [1.82, 2.24) is 4.98 Å². The highest BCUT2D eigenvalue weighted by Gasteiger charge is 2.24. The number of rotatable bonds is 3. The van der Waals surface area contributed by atoms with E-state index in [0.717, 1.165) is 0 Å². The molecule has 1 aromatic rings. The van der Waals surface area contributed by atoms with E-state index in [9.17, 15) is 18.1 Å². The van der Waals surface area contributed by atoms with Gasteiger partial charge in [-0.3, -0.25) is 4.98 Å². The zero-order valence-corrected chi connectivity index (χ0v) is 8.54. The minimum absolute atomic E-state index is 0.134. The van der Waals surface area contributed by atoms with E-state index < -0.39 is 18.9 Å². The van der Waals surface area contributed by atoms with E-state index in [0.29, 0.717) is 0 Å². The number of hydrogen-bond donors (Lipinski definition) is 1. The van der Waals surface area contributed by atoms with Gasteiger partial charge in [-0.25, -0.2) is 0 Å². The lowest BCUT2D eigenvalue weighted by molar-refractivity contribution is 0.0737. The summed E-state index contributed by atoms with van der Waals surface area (Å²) < 4.78 is 36.4. The van der Waals surface area contributed by atoms with Gasteiger partial charge in [-0.1, -0.05) is 11.9 Å². The maximum absolute atomic E-state index is 12.1. The Morgan fingerprint density at radius 1 is 1.40 bits per heavy atom. The summed E-state index contributed by atoms with van der Waals surface area (Å²) in [6.45, 7) is -1.88. The predicted molar refractivity (Wildman–Crippen MR) is 52.3 cm³/mol. The van der Waals surface area contributed by atoms with Gasteiger partial charge >= 0.3 is 6.98 Å². The van der Waals surface area contributed by atoms with Crippen LogP contribution in [0.25, 0.3) is 0 Å². The molecule has 0 aliphatic heterocycles. The Balaban J connectivity index is 2.94. The molecule has 0 saturated heterocycles. The standard InChI is InChI=1S/C9H12BF3NO/c1-9(2,15)8-5-7(3-4-14-8)6-10(11,12)13/h3-5,15H,6H2,1-2H3/q-1. The van der Waals surface area contributed by atoms with Gasteiger partial charge < -0.3 is 18.1 Å². The number of nitrogens with zero attached hydrogens (tertiary/aromatic N) is 1. The van der Waals surface area contributed by atoms with E-state index in [-0.39, 0.29) is 11.3 Å². The Hall–Kier alpha value is -1.04. The number of aliphatic hydroxyl groups is 1. The average molecular weight is 218 g/mol. The van der Waals surface area contributed by atoms with Gasteiger partial charge in [0, 0.05) is 6.20 Å².